The SMILES string of the molecule is CN=C(NCCc1ncc(C)s1)NCC(C(C)C)N1CCN(C)CC1.I. The molecule has 1 fully saturated rings. The predicted octanol–water partition coefficient (Wildman–Crippen LogP) is 2.05. The Kier molecular flexibility index (Phi) is 11.0. The Morgan fingerprint density at radius 1 is 1.27 bits per heavy atom. The molecule has 26 heavy (non-hydrogen) atoms. The molecule has 0 spiro atoms. The summed E-state index contributed by atoms with van der Waals surface area (Å²) in [5.74, 6) is 1.50. The maximum absolute atomic E-state index is 4.41. The molecule has 8 heteroatoms. The monoisotopic (exact) mass is 494 g/mol. The second kappa shape index (κ2) is 12.1. The molecule has 1 aliphatic heterocycles. The average Bonchev–Trinajstić information content (AvgIpc) is 3.00. The van der Waals surface area contributed by atoms with Crippen LogP contribution in [0.15, 0.2) is 11.2 Å². The van der Waals surface area contributed by atoms with Crippen LogP contribution in [-0.4, -0.2) is 80.1 Å². The molecule has 1 aromatic heterocycles. The third-order valence-corrected chi connectivity index (χ3v) is 5.75. The van der Waals surface area contributed by atoms with Gasteiger partial charge in [0.1, 0.15) is 0 Å². The molecule has 0 radical (unpaired) electrons. The zero-order chi connectivity index (χ0) is 18.2. The molecule has 0 saturated carbocycles. The fourth-order valence-electron chi connectivity index (χ4n) is 3.17. The number of aliphatic imine (C=N–C) groups is 1. The van der Waals surface area contributed by atoms with Gasteiger partial charge in [-0.3, -0.25) is 9.89 Å². The van der Waals surface area contributed by atoms with Crippen LogP contribution in [-0.2, 0) is 6.42 Å². The summed E-state index contributed by atoms with van der Waals surface area (Å²) in [7, 11) is 4.04. The number of piperazine rings is 1. The van der Waals surface area contributed by atoms with Crippen molar-refractivity contribution in [1.29, 1.82) is 0 Å². The Hall–Kier alpha value is -0.450. The number of hydrogen-bond acceptors (Lipinski definition) is 5. The zero-order valence-electron chi connectivity index (χ0n) is 16.8. The lowest BCUT2D eigenvalue weighted by Crippen LogP contribution is -2.55. The van der Waals surface area contributed by atoms with E-state index in [1.165, 1.54) is 9.88 Å². The van der Waals surface area contributed by atoms with E-state index in [0.717, 1.165) is 51.6 Å². The van der Waals surface area contributed by atoms with Crippen molar-refractivity contribution in [3.63, 3.8) is 0 Å². The van der Waals surface area contributed by atoms with Crippen LogP contribution in [0, 0.1) is 12.8 Å². The van der Waals surface area contributed by atoms with Gasteiger partial charge in [0.25, 0.3) is 0 Å². The van der Waals surface area contributed by atoms with Crippen LogP contribution in [0.4, 0.5) is 0 Å². The summed E-state index contributed by atoms with van der Waals surface area (Å²) in [6.45, 7) is 13.1. The molecule has 1 atom stereocenters. The van der Waals surface area contributed by atoms with Crippen LogP contribution in [0.1, 0.15) is 23.7 Å². The Morgan fingerprint density at radius 2 is 1.96 bits per heavy atom. The highest BCUT2D eigenvalue weighted by Gasteiger charge is 2.24. The van der Waals surface area contributed by atoms with E-state index >= 15 is 0 Å². The minimum atomic E-state index is 0. The van der Waals surface area contributed by atoms with Gasteiger partial charge in [-0.2, -0.15) is 0 Å². The van der Waals surface area contributed by atoms with E-state index < -0.39 is 0 Å². The first kappa shape index (κ1) is 23.6. The number of aromatic nitrogens is 1. The maximum Gasteiger partial charge on any atom is 0.191 e. The third kappa shape index (κ3) is 7.66. The highest BCUT2D eigenvalue weighted by atomic mass is 127. The van der Waals surface area contributed by atoms with Crippen molar-refractivity contribution < 1.29 is 0 Å². The van der Waals surface area contributed by atoms with Gasteiger partial charge >= 0.3 is 0 Å². The van der Waals surface area contributed by atoms with Crippen LogP contribution in [0.2, 0.25) is 0 Å². The highest BCUT2D eigenvalue weighted by Crippen LogP contribution is 2.13. The molecule has 2 heterocycles. The number of guanidine groups is 1. The third-order valence-electron chi connectivity index (χ3n) is 4.78. The number of nitrogens with one attached hydrogen (secondary N) is 2. The maximum atomic E-state index is 4.41. The topological polar surface area (TPSA) is 55.8 Å². The van der Waals surface area contributed by atoms with Crippen LogP contribution in [0.3, 0.4) is 0 Å². The van der Waals surface area contributed by atoms with Crippen LogP contribution < -0.4 is 10.6 Å². The normalized spacial score (nSPS) is 17.8. The van der Waals surface area contributed by atoms with E-state index in [1.54, 1.807) is 11.3 Å². The molecule has 6 nitrogen and oxygen atoms in total. The second-order valence-corrected chi connectivity index (χ2v) is 8.46. The molecule has 1 saturated heterocycles. The molecule has 2 rings (SSSR count). The van der Waals surface area contributed by atoms with E-state index in [-0.39, 0.29) is 24.0 Å². The molecule has 150 valence electrons. The lowest BCUT2D eigenvalue weighted by molar-refractivity contribution is 0.0900. The van der Waals surface area contributed by atoms with E-state index in [1.807, 2.05) is 13.2 Å². The fraction of sp³-hybridized carbons (Fsp3) is 0.778. The molecule has 1 unspecified atom stereocenters. The van der Waals surface area contributed by atoms with Crippen molar-refractivity contribution in [2.75, 3.05) is 53.4 Å². The number of halogens is 1. The smallest absolute Gasteiger partial charge is 0.191 e. The van der Waals surface area contributed by atoms with Crippen LogP contribution >= 0.6 is 35.3 Å². The summed E-state index contributed by atoms with van der Waals surface area (Å²) < 4.78 is 0. The lowest BCUT2D eigenvalue weighted by Gasteiger charge is -2.40. The average molecular weight is 494 g/mol. The lowest BCUT2D eigenvalue weighted by atomic mass is 10.0. The molecule has 0 bridgehead atoms. The first-order chi connectivity index (χ1) is 12.0. The van der Waals surface area contributed by atoms with E-state index in [4.69, 9.17) is 0 Å². The van der Waals surface area contributed by atoms with E-state index in [2.05, 4.69) is 58.2 Å². The molecule has 1 aliphatic rings. The number of aryl methyl sites for hydroxylation is 1. The largest absolute Gasteiger partial charge is 0.356 e. The predicted molar refractivity (Wildman–Crippen MR) is 123 cm³/mol. The molecule has 1 aromatic rings. The summed E-state index contributed by atoms with van der Waals surface area (Å²) in [5, 5.41) is 8.11. The van der Waals surface area contributed by atoms with Gasteiger partial charge in [-0.1, -0.05) is 13.8 Å². The second-order valence-electron chi connectivity index (χ2n) is 7.15. The Morgan fingerprint density at radius 3 is 2.50 bits per heavy atom. The van der Waals surface area contributed by atoms with Gasteiger partial charge < -0.3 is 15.5 Å². The summed E-state index contributed by atoms with van der Waals surface area (Å²) >= 11 is 1.77. The van der Waals surface area contributed by atoms with Gasteiger partial charge in [0, 0.05) is 69.9 Å². The van der Waals surface area contributed by atoms with Crippen LogP contribution in [0.25, 0.3) is 0 Å². The number of hydrogen-bond donors (Lipinski definition) is 2. The zero-order valence-corrected chi connectivity index (χ0v) is 19.9. The quantitative estimate of drug-likeness (QED) is 0.345. The van der Waals surface area contributed by atoms with Crippen molar-refractivity contribution in [3.05, 3.63) is 16.1 Å². The summed E-state index contributed by atoms with van der Waals surface area (Å²) in [5.41, 5.74) is 0. The molecular formula is C18H35IN6S. The summed E-state index contributed by atoms with van der Waals surface area (Å²) in [4.78, 5) is 15.1. The van der Waals surface area contributed by atoms with Crippen molar-refractivity contribution >= 4 is 41.3 Å². The number of rotatable bonds is 7. The number of likely N-dealkylation sites (N-methyl/N-ethyl adjacent to an activating group) is 1. The molecule has 0 amide bonds. The highest BCUT2D eigenvalue weighted by molar-refractivity contribution is 14.0. The first-order valence-electron chi connectivity index (χ1n) is 9.28. The molecular weight excluding hydrogens is 459 g/mol. The minimum Gasteiger partial charge on any atom is -0.356 e. The van der Waals surface area contributed by atoms with Gasteiger partial charge in [-0.05, 0) is 19.9 Å². The Labute approximate surface area is 179 Å². The summed E-state index contributed by atoms with van der Waals surface area (Å²) in [6.07, 6.45) is 2.88. The fourth-order valence-corrected chi connectivity index (χ4v) is 3.95. The van der Waals surface area contributed by atoms with Gasteiger partial charge in [0.05, 0.1) is 5.01 Å². The number of thiazole rings is 1. The van der Waals surface area contributed by atoms with Crippen molar-refractivity contribution in [2.24, 2.45) is 10.9 Å². The molecule has 0 aromatic carbocycles. The van der Waals surface area contributed by atoms with Gasteiger partial charge in [-0.15, -0.1) is 35.3 Å². The standard InChI is InChI=1S/C18H34N6S.HI/c1-14(2)16(24-10-8-23(5)9-11-24)13-22-18(19-4)20-7-6-17-21-12-15(3)25-17;/h12,14,16H,6-11,13H2,1-5H3,(H2,19,20,22);1H. The minimum absolute atomic E-state index is 0. The molecule has 2 N–H and O–H groups in total. The van der Waals surface area contributed by atoms with Gasteiger partial charge in [-0.25, -0.2) is 4.98 Å². The van der Waals surface area contributed by atoms with Crippen molar-refractivity contribution in [2.45, 2.75) is 33.2 Å². The van der Waals surface area contributed by atoms with Gasteiger partial charge in [0.15, 0.2) is 5.96 Å². The molecule has 0 aliphatic carbocycles. The number of nitrogens with zero attached hydrogens (tertiary/aromatic N) is 4. The first-order valence-corrected chi connectivity index (χ1v) is 10.1. The van der Waals surface area contributed by atoms with Gasteiger partial charge in [0.2, 0.25) is 0 Å². The Bertz CT molecular complexity index is 540. The van der Waals surface area contributed by atoms with Crippen molar-refractivity contribution in [3.8, 4) is 0 Å². The van der Waals surface area contributed by atoms with E-state index in [0.29, 0.717) is 12.0 Å². The van der Waals surface area contributed by atoms with E-state index in [9.17, 15) is 0 Å². The summed E-state index contributed by atoms with van der Waals surface area (Å²) in [6, 6.07) is 0.536. The Balaban J connectivity index is 0.00000338. The van der Waals surface area contributed by atoms with Crippen LogP contribution in [0.5, 0.6) is 0 Å². The van der Waals surface area contributed by atoms with Crippen molar-refractivity contribution in [1.82, 2.24) is 25.4 Å².